The van der Waals surface area contributed by atoms with Gasteiger partial charge in [0.25, 0.3) is 0 Å². The van der Waals surface area contributed by atoms with Crippen LogP contribution < -0.4 is 10.2 Å². The number of hydrogen-bond donors (Lipinski definition) is 1. The smallest absolute Gasteiger partial charge is 0.0399 e. The summed E-state index contributed by atoms with van der Waals surface area (Å²) in [6.45, 7) is 15.0. The van der Waals surface area contributed by atoms with Gasteiger partial charge in [-0.2, -0.15) is 0 Å². The molecule has 2 rings (SSSR count). The molecule has 1 N–H and O–H groups in total. The number of fused-ring (bicyclic) bond motifs is 1. The second-order valence-corrected chi connectivity index (χ2v) is 7.32. The molecule has 0 aliphatic carbocycles. The lowest BCUT2D eigenvalue weighted by Gasteiger charge is -2.41. The number of hydrogen-bond acceptors (Lipinski definition) is 2. The van der Waals surface area contributed by atoms with Gasteiger partial charge >= 0.3 is 0 Å². The normalized spacial score (nSPS) is 16.7. The van der Waals surface area contributed by atoms with Crippen molar-refractivity contribution in [1.82, 2.24) is 5.32 Å². The fourth-order valence-electron chi connectivity index (χ4n) is 3.23. The molecule has 21 heavy (non-hydrogen) atoms. The molecular weight excluding hydrogens is 256 g/mol. The molecule has 1 aromatic carbocycles. The third kappa shape index (κ3) is 4.00. The molecule has 118 valence electrons. The lowest BCUT2D eigenvalue weighted by atomic mass is 9.83. The minimum atomic E-state index is 0.272. The van der Waals surface area contributed by atoms with Gasteiger partial charge in [0.1, 0.15) is 0 Å². The van der Waals surface area contributed by atoms with Crippen LogP contribution in [0.15, 0.2) is 18.2 Å². The number of nitrogens with one attached hydrogen (secondary N) is 1. The van der Waals surface area contributed by atoms with Crippen molar-refractivity contribution >= 4 is 5.69 Å². The van der Waals surface area contributed by atoms with Crippen LogP contribution in [-0.4, -0.2) is 25.7 Å². The van der Waals surface area contributed by atoms with E-state index in [2.05, 4.69) is 63.0 Å². The summed E-state index contributed by atoms with van der Waals surface area (Å²) in [7, 11) is 0. The third-order valence-electron chi connectivity index (χ3n) is 4.92. The minimum Gasteiger partial charge on any atom is -0.371 e. The summed E-state index contributed by atoms with van der Waals surface area (Å²) in [5.41, 5.74) is 4.65. The van der Waals surface area contributed by atoms with Gasteiger partial charge < -0.3 is 10.2 Å². The average Bonchev–Trinajstić information content (AvgIpc) is 2.44. The molecule has 1 aromatic rings. The largest absolute Gasteiger partial charge is 0.371 e. The van der Waals surface area contributed by atoms with Gasteiger partial charge in [0.2, 0.25) is 0 Å². The van der Waals surface area contributed by atoms with Crippen molar-refractivity contribution in [3.05, 3.63) is 29.3 Å². The molecule has 0 saturated heterocycles. The Morgan fingerprint density at radius 3 is 2.81 bits per heavy atom. The van der Waals surface area contributed by atoms with E-state index < -0.39 is 0 Å². The van der Waals surface area contributed by atoms with Crippen LogP contribution in [0.1, 0.15) is 51.7 Å². The SMILES string of the molecule is CCCNC(C)C(C)(C)CN1CCCc2cc(C)ccc21. The first kappa shape index (κ1) is 16.4. The second-order valence-electron chi connectivity index (χ2n) is 7.32. The molecule has 0 radical (unpaired) electrons. The summed E-state index contributed by atoms with van der Waals surface area (Å²) in [5.74, 6) is 0. The molecule has 1 aliphatic heterocycles. The highest BCUT2D eigenvalue weighted by molar-refractivity contribution is 5.56. The molecule has 1 unspecified atom stereocenters. The van der Waals surface area contributed by atoms with Crippen LogP contribution in [0, 0.1) is 12.3 Å². The van der Waals surface area contributed by atoms with Gasteiger partial charge in [-0.15, -0.1) is 0 Å². The number of nitrogens with zero attached hydrogens (tertiary/aromatic N) is 1. The molecule has 0 aromatic heterocycles. The molecule has 0 saturated carbocycles. The summed E-state index contributed by atoms with van der Waals surface area (Å²) in [5, 5.41) is 3.67. The Labute approximate surface area is 130 Å². The van der Waals surface area contributed by atoms with Crippen LogP contribution in [0.2, 0.25) is 0 Å². The first-order valence-electron chi connectivity index (χ1n) is 8.52. The Hall–Kier alpha value is -1.02. The van der Waals surface area contributed by atoms with E-state index in [1.807, 2.05) is 0 Å². The summed E-state index contributed by atoms with van der Waals surface area (Å²) in [6, 6.07) is 7.48. The van der Waals surface area contributed by atoms with E-state index in [1.54, 1.807) is 0 Å². The molecular formula is C19H32N2. The standard InChI is InChI=1S/C19H32N2/c1-6-11-20-16(3)19(4,5)14-21-12-7-8-17-13-15(2)9-10-18(17)21/h9-10,13,16,20H,6-8,11-12,14H2,1-5H3. The van der Waals surface area contributed by atoms with E-state index in [0.29, 0.717) is 6.04 Å². The Morgan fingerprint density at radius 1 is 1.33 bits per heavy atom. The van der Waals surface area contributed by atoms with Crippen LogP contribution in [0.25, 0.3) is 0 Å². The lowest BCUT2D eigenvalue weighted by molar-refractivity contribution is 0.259. The van der Waals surface area contributed by atoms with Crippen molar-refractivity contribution < 1.29 is 0 Å². The predicted octanol–water partition coefficient (Wildman–Crippen LogP) is 4.16. The van der Waals surface area contributed by atoms with Crippen LogP contribution in [0.4, 0.5) is 5.69 Å². The zero-order valence-electron chi connectivity index (χ0n) is 14.5. The van der Waals surface area contributed by atoms with E-state index in [4.69, 9.17) is 0 Å². The highest BCUT2D eigenvalue weighted by Crippen LogP contribution is 2.32. The monoisotopic (exact) mass is 288 g/mol. The van der Waals surface area contributed by atoms with E-state index in [9.17, 15) is 0 Å². The van der Waals surface area contributed by atoms with Crippen molar-refractivity contribution in [1.29, 1.82) is 0 Å². The Bertz CT molecular complexity index is 465. The quantitative estimate of drug-likeness (QED) is 0.845. The molecule has 1 atom stereocenters. The molecule has 2 nitrogen and oxygen atoms in total. The van der Waals surface area contributed by atoms with Gasteiger partial charge in [0.15, 0.2) is 0 Å². The number of aryl methyl sites for hydroxylation is 2. The van der Waals surface area contributed by atoms with Gasteiger partial charge in [-0.3, -0.25) is 0 Å². The molecule has 0 bridgehead atoms. The zero-order chi connectivity index (χ0) is 15.5. The fraction of sp³-hybridized carbons (Fsp3) is 0.684. The maximum atomic E-state index is 3.67. The Morgan fingerprint density at radius 2 is 2.10 bits per heavy atom. The van der Waals surface area contributed by atoms with Gasteiger partial charge in [-0.05, 0) is 56.7 Å². The van der Waals surface area contributed by atoms with Crippen LogP contribution in [-0.2, 0) is 6.42 Å². The molecule has 0 amide bonds. The van der Waals surface area contributed by atoms with Gasteiger partial charge in [0.05, 0.1) is 0 Å². The van der Waals surface area contributed by atoms with Crippen LogP contribution in [0.3, 0.4) is 0 Å². The highest BCUT2D eigenvalue weighted by atomic mass is 15.1. The van der Waals surface area contributed by atoms with Crippen LogP contribution in [0.5, 0.6) is 0 Å². The lowest BCUT2D eigenvalue weighted by Crippen LogP contribution is -2.48. The first-order valence-corrected chi connectivity index (χ1v) is 8.52. The maximum Gasteiger partial charge on any atom is 0.0399 e. The van der Waals surface area contributed by atoms with E-state index in [1.165, 1.54) is 42.6 Å². The second kappa shape index (κ2) is 6.83. The van der Waals surface area contributed by atoms with Crippen molar-refractivity contribution in [2.24, 2.45) is 5.41 Å². The van der Waals surface area contributed by atoms with Crippen molar-refractivity contribution in [2.75, 3.05) is 24.5 Å². The molecule has 0 fully saturated rings. The Balaban J connectivity index is 2.10. The summed E-state index contributed by atoms with van der Waals surface area (Å²) in [4.78, 5) is 2.60. The van der Waals surface area contributed by atoms with Crippen molar-refractivity contribution in [3.8, 4) is 0 Å². The zero-order valence-corrected chi connectivity index (χ0v) is 14.5. The number of benzene rings is 1. The van der Waals surface area contributed by atoms with Crippen molar-refractivity contribution in [2.45, 2.75) is 59.9 Å². The van der Waals surface area contributed by atoms with Crippen molar-refractivity contribution in [3.63, 3.8) is 0 Å². The van der Waals surface area contributed by atoms with E-state index >= 15 is 0 Å². The Kier molecular flexibility index (Phi) is 5.32. The van der Waals surface area contributed by atoms with Gasteiger partial charge in [-0.25, -0.2) is 0 Å². The molecule has 1 heterocycles. The minimum absolute atomic E-state index is 0.272. The number of anilines is 1. The fourth-order valence-corrected chi connectivity index (χ4v) is 3.23. The third-order valence-corrected chi connectivity index (χ3v) is 4.92. The predicted molar refractivity (Wildman–Crippen MR) is 93.2 cm³/mol. The molecule has 1 aliphatic rings. The molecule has 2 heteroatoms. The average molecular weight is 288 g/mol. The van der Waals surface area contributed by atoms with Gasteiger partial charge in [-0.1, -0.05) is 38.5 Å². The van der Waals surface area contributed by atoms with Gasteiger partial charge in [0, 0.05) is 24.8 Å². The summed E-state index contributed by atoms with van der Waals surface area (Å²) < 4.78 is 0. The first-order chi connectivity index (χ1) is 9.94. The number of rotatable bonds is 6. The molecule has 0 spiro atoms. The van der Waals surface area contributed by atoms with Crippen LogP contribution >= 0.6 is 0 Å². The summed E-state index contributed by atoms with van der Waals surface area (Å²) in [6.07, 6.45) is 3.72. The highest BCUT2D eigenvalue weighted by Gasteiger charge is 2.29. The van der Waals surface area contributed by atoms with E-state index in [-0.39, 0.29) is 5.41 Å². The van der Waals surface area contributed by atoms with E-state index in [0.717, 1.165) is 13.1 Å². The summed E-state index contributed by atoms with van der Waals surface area (Å²) >= 11 is 0. The maximum absolute atomic E-state index is 3.67. The topological polar surface area (TPSA) is 15.3 Å².